The van der Waals surface area contributed by atoms with Crippen LogP contribution >= 0.6 is 11.6 Å². The average Bonchev–Trinajstić information content (AvgIpc) is 1.83. The van der Waals surface area contributed by atoms with E-state index in [2.05, 4.69) is 13.8 Å². The number of carbonyl (C=O) groups excluding carboxylic acids is 1. The number of aldehydes is 1. The Morgan fingerprint density at radius 1 is 1.67 bits per heavy atom. The molecular formula is C7H11ClO. The summed E-state index contributed by atoms with van der Waals surface area (Å²) in [5.74, 6) is 0.568. The van der Waals surface area contributed by atoms with Crippen LogP contribution in [0.1, 0.15) is 20.3 Å². The summed E-state index contributed by atoms with van der Waals surface area (Å²) in [6.07, 6.45) is 3.26. The van der Waals surface area contributed by atoms with Gasteiger partial charge in [-0.1, -0.05) is 31.5 Å². The molecule has 0 N–H and O–H groups in total. The van der Waals surface area contributed by atoms with Crippen molar-refractivity contribution in [2.24, 2.45) is 5.92 Å². The minimum absolute atomic E-state index is 0.309. The highest BCUT2D eigenvalue weighted by Crippen LogP contribution is 2.04. The van der Waals surface area contributed by atoms with Gasteiger partial charge in [-0.25, -0.2) is 0 Å². The summed E-state index contributed by atoms with van der Waals surface area (Å²) in [4.78, 5) is 9.92. The van der Waals surface area contributed by atoms with E-state index in [1.165, 1.54) is 0 Å². The Labute approximate surface area is 60.7 Å². The van der Waals surface area contributed by atoms with E-state index in [0.717, 1.165) is 6.42 Å². The Morgan fingerprint density at radius 3 is 2.56 bits per heavy atom. The number of allylic oxidation sites excluding steroid dienone is 2. The second-order valence-electron chi connectivity index (χ2n) is 2.34. The van der Waals surface area contributed by atoms with Crippen LogP contribution in [0.15, 0.2) is 11.1 Å². The van der Waals surface area contributed by atoms with Crippen molar-refractivity contribution in [2.45, 2.75) is 20.3 Å². The van der Waals surface area contributed by atoms with E-state index in [0.29, 0.717) is 17.2 Å². The summed E-state index contributed by atoms with van der Waals surface area (Å²) in [6.45, 7) is 4.15. The van der Waals surface area contributed by atoms with Gasteiger partial charge in [-0.15, -0.1) is 0 Å². The summed E-state index contributed by atoms with van der Waals surface area (Å²) < 4.78 is 0. The minimum Gasteiger partial charge on any atom is -0.297 e. The van der Waals surface area contributed by atoms with Crippen LogP contribution in [0.2, 0.25) is 0 Å². The summed E-state index contributed by atoms with van der Waals surface area (Å²) >= 11 is 5.40. The smallest absolute Gasteiger partial charge is 0.161 e. The van der Waals surface area contributed by atoms with Gasteiger partial charge in [-0.2, -0.15) is 0 Å². The molecule has 52 valence electrons. The number of halogens is 1. The lowest BCUT2D eigenvalue weighted by molar-refractivity contribution is -0.104. The van der Waals surface area contributed by atoms with Crippen molar-refractivity contribution in [1.29, 1.82) is 0 Å². The fraction of sp³-hybridized carbons (Fsp3) is 0.571. The van der Waals surface area contributed by atoms with Crippen molar-refractivity contribution in [3.05, 3.63) is 11.1 Å². The van der Waals surface area contributed by atoms with Gasteiger partial charge in [0.25, 0.3) is 0 Å². The lowest BCUT2D eigenvalue weighted by Crippen LogP contribution is -1.83. The third kappa shape index (κ3) is 5.57. The van der Waals surface area contributed by atoms with E-state index >= 15 is 0 Å². The van der Waals surface area contributed by atoms with E-state index in [4.69, 9.17) is 11.6 Å². The molecule has 0 saturated heterocycles. The third-order valence-corrected chi connectivity index (χ3v) is 1.14. The predicted octanol–water partition coefficient (Wildman–Crippen LogP) is 2.35. The van der Waals surface area contributed by atoms with Gasteiger partial charge in [0.05, 0.1) is 5.03 Å². The van der Waals surface area contributed by atoms with Gasteiger partial charge >= 0.3 is 0 Å². The first-order valence-corrected chi connectivity index (χ1v) is 3.35. The molecule has 0 aromatic rings. The number of rotatable bonds is 3. The van der Waals surface area contributed by atoms with Crippen LogP contribution in [0, 0.1) is 5.92 Å². The molecule has 0 bridgehead atoms. The largest absolute Gasteiger partial charge is 0.297 e. The maximum atomic E-state index is 9.92. The molecule has 0 aliphatic carbocycles. The Kier molecular flexibility index (Phi) is 4.41. The Morgan fingerprint density at radius 2 is 2.22 bits per heavy atom. The quantitative estimate of drug-likeness (QED) is 0.441. The van der Waals surface area contributed by atoms with Crippen molar-refractivity contribution in [3.8, 4) is 0 Å². The lowest BCUT2D eigenvalue weighted by atomic mass is 10.1. The predicted molar refractivity (Wildman–Crippen MR) is 39.5 cm³/mol. The normalized spacial score (nSPS) is 12.2. The molecule has 0 aliphatic heterocycles. The van der Waals surface area contributed by atoms with E-state index in [1.54, 1.807) is 6.08 Å². The maximum Gasteiger partial charge on any atom is 0.161 e. The maximum absolute atomic E-state index is 9.92. The monoisotopic (exact) mass is 146 g/mol. The fourth-order valence-electron chi connectivity index (χ4n) is 0.396. The molecule has 0 aromatic carbocycles. The zero-order valence-electron chi connectivity index (χ0n) is 5.73. The number of hydrogen-bond donors (Lipinski definition) is 0. The molecule has 0 rings (SSSR count). The van der Waals surface area contributed by atoms with Crippen molar-refractivity contribution in [1.82, 2.24) is 0 Å². The molecule has 0 aromatic heterocycles. The first-order chi connectivity index (χ1) is 4.16. The molecule has 9 heavy (non-hydrogen) atoms. The SMILES string of the molecule is CC(C)CC=C(Cl)C=O. The summed E-state index contributed by atoms with van der Waals surface area (Å²) in [5, 5.41) is 0.309. The Hall–Kier alpha value is -0.300. The van der Waals surface area contributed by atoms with Crippen LogP contribution in [-0.2, 0) is 4.79 Å². The van der Waals surface area contributed by atoms with Gasteiger partial charge in [-0.05, 0) is 12.3 Å². The van der Waals surface area contributed by atoms with Crippen LogP contribution in [0.4, 0.5) is 0 Å². The minimum atomic E-state index is 0.309. The lowest BCUT2D eigenvalue weighted by Gasteiger charge is -1.95. The van der Waals surface area contributed by atoms with Crippen molar-refractivity contribution >= 4 is 17.9 Å². The first kappa shape index (κ1) is 8.70. The van der Waals surface area contributed by atoms with E-state index < -0.39 is 0 Å². The average molecular weight is 147 g/mol. The van der Waals surface area contributed by atoms with Crippen LogP contribution in [0.3, 0.4) is 0 Å². The molecule has 0 heterocycles. The number of carbonyl (C=O) groups is 1. The molecule has 2 heteroatoms. The fourth-order valence-corrected chi connectivity index (χ4v) is 0.485. The molecule has 0 saturated carbocycles. The number of hydrogen-bond acceptors (Lipinski definition) is 1. The molecule has 0 atom stereocenters. The molecule has 0 amide bonds. The van der Waals surface area contributed by atoms with Gasteiger partial charge < -0.3 is 0 Å². The molecule has 0 radical (unpaired) electrons. The molecular weight excluding hydrogens is 136 g/mol. The second kappa shape index (κ2) is 4.57. The highest BCUT2D eigenvalue weighted by Gasteiger charge is 1.90. The second-order valence-corrected chi connectivity index (χ2v) is 2.77. The van der Waals surface area contributed by atoms with Crippen molar-refractivity contribution in [3.63, 3.8) is 0 Å². The highest BCUT2D eigenvalue weighted by molar-refractivity contribution is 6.38. The third-order valence-electron chi connectivity index (χ3n) is 0.897. The van der Waals surface area contributed by atoms with E-state index in [-0.39, 0.29) is 0 Å². The van der Waals surface area contributed by atoms with Crippen LogP contribution in [0.25, 0.3) is 0 Å². The van der Waals surface area contributed by atoms with Crippen LogP contribution in [-0.4, -0.2) is 6.29 Å². The Balaban J connectivity index is 3.56. The van der Waals surface area contributed by atoms with Gasteiger partial charge in [0.15, 0.2) is 6.29 Å². The van der Waals surface area contributed by atoms with Crippen LogP contribution < -0.4 is 0 Å². The van der Waals surface area contributed by atoms with Gasteiger partial charge in [0.1, 0.15) is 0 Å². The van der Waals surface area contributed by atoms with Gasteiger partial charge in [-0.3, -0.25) is 4.79 Å². The van der Waals surface area contributed by atoms with Gasteiger partial charge in [0, 0.05) is 0 Å². The standard InChI is InChI=1S/C7H11ClO/c1-6(2)3-4-7(8)5-9/h4-6H,3H2,1-2H3. The Bertz CT molecular complexity index is 116. The molecule has 1 nitrogen and oxygen atoms in total. The summed E-state index contributed by atoms with van der Waals surface area (Å²) in [6, 6.07) is 0. The topological polar surface area (TPSA) is 17.1 Å². The van der Waals surface area contributed by atoms with Crippen molar-refractivity contribution in [2.75, 3.05) is 0 Å². The molecule has 0 fully saturated rings. The van der Waals surface area contributed by atoms with E-state index in [9.17, 15) is 4.79 Å². The zero-order valence-corrected chi connectivity index (χ0v) is 6.48. The molecule has 0 unspecified atom stereocenters. The van der Waals surface area contributed by atoms with E-state index in [1.807, 2.05) is 0 Å². The summed E-state index contributed by atoms with van der Waals surface area (Å²) in [7, 11) is 0. The van der Waals surface area contributed by atoms with Gasteiger partial charge in [0.2, 0.25) is 0 Å². The molecule has 0 aliphatic rings. The van der Waals surface area contributed by atoms with Crippen LogP contribution in [0.5, 0.6) is 0 Å². The summed E-state index contributed by atoms with van der Waals surface area (Å²) in [5.41, 5.74) is 0. The zero-order chi connectivity index (χ0) is 7.28. The highest BCUT2D eigenvalue weighted by atomic mass is 35.5. The van der Waals surface area contributed by atoms with Crippen molar-refractivity contribution < 1.29 is 4.79 Å². The first-order valence-electron chi connectivity index (χ1n) is 2.97. The molecule has 0 spiro atoms.